The van der Waals surface area contributed by atoms with Gasteiger partial charge in [0.1, 0.15) is 16.5 Å². The number of fused-ring (bicyclic) bond motifs is 1. The number of thiazole rings is 1. The quantitative estimate of drug-likeness (QED) is 0.870. The first-order valence-corrected chi connectivity index (χ1v) is 9.44. The van der Waals surface area contributed by atoms with Crippen LogP contribution in [0.25, 0.3) is 10.2 Å². The van der Waals surface area contributed by atoms with E-state index in [4.69, 9.17) is 20.9 Å². The molecule has 0 bridgehead atoms. The maximum absolute atomic E-state index is 5.68. The van der Waals surface area contributed by atoms with Crippen molar-refractivity contribution in [2.24, 2.45) is 0 Å². The first-order valence-electron chi connectivity index (χ1n) is 6.24. The smallest absolute Gasteiger partial charge is 0.129 e. The number of ether oxygens (including phenoxy) is 1. The van der Waals surface area contributed by atoms with E-state index in [2.05, 4.69) is 30.0 Å². The number of rotatable bonds is 3. The molecule has 1 fully saturated rings. The average Bonchev–Trinajstić information content (AvgIpc) is 2.97. The Morgan fingerprint density at radius 2 is 2.32 bits per heavy atom. The monoisotopic (exact) mass is 312 g/mol. The summed E-state index contributed by atoms with van der Waals surface area (Å²) in [6.45, 7) is 3.12. The van der Waals surface area contributed by atoms with Gasteiger partial charge < -0.3 is 4.74 Å². The van der Waals surface area contributed by atoms with Gasteiger partial charge in [0.25, 0.3) is 0 Å². The largest absolute Gasteiger partial charge is 0.365 e. The lowest BCUT2D eigenvalue weighted by molar-refractivity contribution is -0.0102. The molecule has 0 radical (unpaired) electrons. The van der Waals surface area contributed by atoms with Crippen molar-refractivity contribution in [1.29, 1.82) is 0 Å². The molecule has 1 aromatic heterocycles. The highest BCUT2D eigenvalue weighted by Crippen LogP contribution is 2.38. The van der Waals surface area contributed by atoms with Crippen LogP contribution in [0.3, 0.4) is 0 Å². The zero-order valence-corrected chi connectivity index (χ0v) is 13.4. The predicted octanol–water partition coefficient (Wildman–Crippen LogP) is 2.68. The molecular weight excluding hydrogens is 296 g/mol. The Bertz CT molecular complexity index is 580. The van der Waals surface area contributed by atoms with E-state index in [1.807, 2.05) is 6.07 Å². The topological polar surface area (TPSA) is 25.4 Å². The van der Waals surface area contributed by atoms with E-state index in [0.717, 1.165) is 22.9 Å². The Morgan fingerprint density at radius 1 is 1.53 bits per heavy atom. The third kappa shape index (κ3) is 2.36. The van der Waals surface area contributed by atoms with E-state index in [9.17, 15) is 0 Å². The molecule has 2 aromatic rings. The zero-order valence-electron chi connectivity index (χ0n) is 10.9. The van der Waals surface area contributed by atoms with E-state index >= 15 is 0 Å². The second-order valence-corrected chi connectivity index (χ2v) is 8.36. The molecule has 6 heteroatoms. The number of nitrogens with zero attached hydrogens (tertiary/aromatic N) is 2. The van der Waals surface area contributed by atoms with Crippen molar-refractivity contribution in [3.8, 4) is 0 Å². The van der Waals surface area contributed by atoms with Crippen LogP contribution in [0.2, 0.25) is 0 Å². The summed E-state index contributed by atoms with van der Waals surface area (Å²) < 4.78 is 6.91. The normalized spacial score (nSPS) is 28.2. The van der Waals surface area contributed by atoms with Crippen molar-refractivity contribution in [2.45, 2.75) is 18.4 Å². The molecular formula is C13H16N2OS3. The molecule has 1 aliphatic heterocycles. The molecule has 19 heavy (non-hydrogen) atoms. The van der Waals surface area contributed by atoms with E-state index in [1.165, 1.54) is 4.70 Å². The Morgan fingerprint density at radius 3 is 3.00 bits per heavy atom. The molecule has 2 heterocycles. The van der Waals surface area contributed by atoms with Crippen molar-refractivity contribution in [3.63, 3.8) is 0 Å². The molecule has 0 aliphatic carbocycles. The van der Waals surface area contributed by atoms with Gasteiger partial charge in [0, 0.05) is 7.11 Å². The van der Waals surface area contributed by atoms with Gasteiger partial charge in [-0.1, -0.05) is 28.5 Å². The molecule has 1 saturated heterocycles. The molecule has 0 saturated carbocycles. The van der Waals surface area contributed by atoms with E-state index in [-0.39, 0.29) is 20.9 Å². The second kappa shape index (κ2) is 5.54. The summed E-state index contributed by atoms with van der Waals surface area (Å²) >= 11 is 7.42. The molecule has 102 valence electrons. The third-order valence-corrected chi connectivity index (χ3v) is 7.21. The molecule has 3 atom stereocenters. The fraction of sp³-hybridized carbons (Fsp3) is 0.462. The molecule has 0 N–H and O–H groups in total. The lowest BCUT2D eigenvalue weighted by Crippen LogP contribution is -2.33. The molecule has 3 nitrogen and oxygen atoms in total. The van der Waals surface area contributed by atoms with Gasteiger partial charge in [0.2, 0.25) is 0 Å². The Kier molecular flexibility index (Phi) is 3.96. The number of hydrogen-bond acceptors (Lipinski definition) is 5. The molecule has 1 aliphatic rings. The maximum Gasteiger partial charge on any atom is 0.129 e. The van der Waals surface area contributed by atoms with Crippen LogP contribution in [-0.2, 0) is 25.4 Å². The molecule has 3 unspecified atom stereocenters. The van der Waals surface area contributed by atoms with Crippen LogP contribution in [-0.4, -0.2) is 35.6 Å². The minimum atomic E-state index is -0.116. The summed E-state index contributed by atoms with van der Waals surface area (Å²) in [6, 6.07) is 8.26. The second-order valence-electron chi connectivity index (χ2n) is 4.48. The van der Waals surface area contributed by atoms with Crippen LogP contribution < -0.4 is 0 Å². The Labute approximate surface area is 124 Å². The molecule has 3 rings (SSSR count). The summed E-state index contributed by atoms with van der Waals surface area (Å²) in [7, 11) is 1.65. The third-order valence-electron chi connectivity index (χ3n) is 3.40. The fourth-order valence-electron chi connectivity index (χ4n) is 2.43. The van der Waals surface area contributed by atoms with Crippen LogP contribution >= 0.6 is 11.3 Å². The minimum absolute atomic E-state index is 0.0754. The van der Waals surface area contributed by atoms with E-state index in [1.54, 1.807) is 18.4 Å². The SMILES string of the molecule is CCN1CS(=S)C(c2nc3ccccc3s2)C1OC. The standard InChI is InChI=1S/C13H16N2OS3/c1-3-15-8-19(17)11(13(15)16-2)12-14-9-6-4-5-7-10(9)18-12/h4-7,11,13H,3,8H2,1-2H3. The number of methoxy groups -OCH3 is 1. The Hall–Kier alpha value is -0.400. The molecule has 1 aromatic carbocycles. The predicted molar refractivity (Wildman–Crippen MR) is 85.1 cm³/mol. The summed E-state index contributed by atoms with van der Waals surface area (Å²) in [6.07, 6.45) is 0.0754. The van der Waals surface area contributed by atoms with Gasteiger partial charge in [-0.25, -0.2) is 4.98 Å². The van der Waals surface area contributed by atoms with Crippen LogP contribution in [0.1, 0.15) is 17.2 Å². The van der Waals surface area contributed by atoms with Crippen molar-refractivity contribution in [2.75, 3.05) is 19.5 Å². The van der Waals surface area contributed by atoms with Crippen LogP contribution in [0.4, 0.5) is 0 Å². The Balaban J connectivity index is 2.02. The molecule has 0 spiro atoms. The van der Waals surface area contributed by atoms with Crippen LogP contribution in [0.15, 0.2) is 24.3 Å². The fourth-order valence-corrected chi connectivity index (χ4v) is 6.67. The summed E-state index contributed by atoms with van der Waals surface area (Å²) in [5, 5.41) is 1.36. The van der Waals surface area contributed by atoms with Gasteiger partial charge in [-0.15, -0.1) is 11.3 Å². The number of benzene rings is 1. The molecule has 0 amide bonds. The summed E-state index contributed by atoms with van der Waals surface area (Å²) in [4.78, 5) is 7.08. The first kappa shape index (κ1) is 13.6. The lowest BCUT2D eigenvalue weighted by Gasteiger charge is -2.23. The zero-order chi connectivity index (χ0) is 13.4. The van der Waals surface area contributed by atoms with Crippen molar-refractivity contribution in [3.05, 3.63) is 29.3 Å². The highest BCUT2D eigenvalue weighted by molar-refractivity contribution is 8.29. The first-order chi connectivity index (χ1) is 9.24. The van der Waals surface area contributed by atoms with Gasteiger partial charge in [0.05, 0.1) is 16.1 Å². The number of para-hydroxylation sites is 1. The highest BCUT2D eigenvalue weighted by atomic mass is 32.8. The van der Waals surface area contributed by atoms with Crippen LogP contribution in [0, 0.1) is 0 Å². The highest BCUT2D eigenvalue weighted by Gasteiger charge is 2.39. The van der Waals surface area contributed by atoms with E-state index in [0.29, 0.717) is 0 Å². The summed E-state index contributed by atoms with van der Waals surface area (Å²) in [5.74, 6) is 0.935. The van der Waals surface area contributed by atoms with Gasteiger partial charge in [-0.3, -0.25) is 4.90 Å². The lowest BCUT2D eigenvalue weighted by atomic mass is 10.3. The van der Waals surface area contributed by atoms with Crippen molar-refractivity contribution < 1.29 is 4.74 Å². The van der Waals surface area contributed by atoms with Gasteiger partial charge in [0.15, 0.2) is 0 Å². The van der Waals surface area contributed by atoms with Gasteiger partial charge in [-0.2, -0.15) is 0 Å². The van der Waals surface area contributed by atoms with Gasteiger partial charge >= 0.3 is 0 Å². The van der Waals surface area contributed by atoms with Crippen molar-refractivity contribution >= 4 is 42.2 Å². The average molecular weight is 312 g/mol. The number of hydrogen-bond donors (Lipinski definition) is 0. The minimum Gasteiger partial charge on any atom is -0.365 e. The van der Waals surface area contributed by atoms with Crippen LogP contribution in [0.5, 0.6) is 0 Å². The number of aromatic nitrogens is 1. The number of likely N-dealkylation sites (N-methyl/N-ethyl adjacent to an activating group) is 1. The summed E-state index contributed by atoms with van der Waals surface area (Å²) in [5.41, 5.74) is 1.07. The van der Waals surface area contributed by atoms with Crippen molar-refractivity contribution in [1.82, 2.24) is 9.88 Å². The van der Waals surface area contributed by atoms with Gasteiger partial charge in [-0.05, 0) is 29.9 Å². The maximum atomic E-state index is 5.68. The van der Waals surface area contributed by atoms with E-state index < -0.39 is 0 Å².